The number of hydrogen-bond acceptors (Lipinski definition) is 4. The molecule has 0 radical (unpaired) electrons. The quantitative estimate of drug-likeness (QED) is 0.402. The number of guanidine groups is 2. The first-order valence-electron chi connectivity index (χ1n) is 6.59. The molecule has 0 spiro atoms. The summed E-state index contributed by atoms with van der Waals surface area (Å²) in [7, 11) is 15.4. The number of rotatable bonds is 4. The first kappa shape index (κ1) is 19.7. The molecule has 0 saturated carbocycles. The van der Waals surface area contributed by atoms with Gasteiger partial charge in [-0.3, -0.25) is 0 Å². The number of hydrogen-bond donors (Lipinski definition) is 0. The van der Waals surface area contributed by atoms with Gasteiger partial charge in [0.25, 0.3) is 0 Å². The van der Waals surface area contributed by atoms with Crippen LogP contribution < -0.4 is 0 Å². The Kier molecular flexibility index (Phi) is 7.68. The molecule has 0 fully saturated rings. The Balaban J connectivity index is 5.94. The number of nitrogens with zero attached hydrogens (tertiary/aromatic N) is 6. The highest BCUT2D eigenvalue weighted by molar-refractivity contribution is 6.66. The summed E-state index contributed by atoms with van der Waals surface area (Å²) < 4.78 is 20.5. The zero-order valence-electron chi connectivity index (χ0n) is 15.0. The zero-order chi connectivity index (χ0) is 16.8. The standard InChI is InChI=1S/C12H30N6O2Si/c1-15(2)11(16(3)4)13-21(19-9,20-10)14-12(17(5)6)18(7)8/h1-10H3. The van der Waals surface area contributed by atoms with E-state index in [0.29, 0.717) is 0 Å². The van der Waals surface area contributed by atoms with Gasteiger partial charge in [-0.2, -0.15) is 0 Å². The van der Waals surface area contributed by atoms with Crippen LogP contribution in [0.2, 0.25) is 0 Å². The third kappa shape index (κ3) is 5.52. The second-order valence-corrected chi connectivity index (χ2v) is 7.72. The molecule has 8 nitrogen and oxygen atoms in total. The van der Waals surface area contributed by atoms with Crippen molar-refractivity contribution < 1.29 is 8.85 Å². The van der Waals surface area contributed by atoms with Crippen LogP contribution in [0.25, 0.3) is 0 Å². The summed E-state index contributed by atoms with van der Waals surface area (Å²) in [6.45, 7) is 0. The maximum Gasteiger partial charge on any atom is 0.632 e. The summed E-state index contributed by atoms with van der Waals surface area (Å²) >= 11 is 0. The molecular weight excluding hydrogens is 288 g/mol. The zero-order valence-corrected chi connectivity index (χ0v) is 16.0. The maximum absolute atomic E-state index is 5.58. The van der Waals surface area contributed by atoms with Gasteiger partial charge < -0.3 is 28.5 Å². The molecule has 124 valence electrons. The highest BCUT2D eigenvalue weighted by Gasteiger charge is 2.41. The molecule has 0 bridgehead atoms. The molecule has 0 unspecified atom stereocenters. The van der Waals surface area contributed by atoms with Gasteiger partial charge in [-0.25, -0.2) is 9.32 Å². The van der Waals surface area contributed by atoms with Gasteiger partial charge in [-0.1, -0.05) is 0 Å². The molecular formula is C12H30N6O2Si. The van der Waals surface area contributed by atoms with Crippen LogP contribution in [0, 0.1) is 0 Å². The van der Waals surface area contributed by atoms with Crippen LogP contribution in [0.1, 0.15) is 0 Å². The van der Waals surface area contributed by atoms with Crippen LogP contribution in [0.15, 0.2) is 9.32 Å². The Morgan fingerprint density at radius 2 is 0.857 bits per heavy atom. The van der Waals surface area contributed by atoms with E-state index in [4.69, 9.17) is 8.85 Å². The molecule has 0 N–H and O–H groups in total. The van der Waals surface area contributed by atoms with E-state index in [1.807, 2.05) is 76.0 Å². The molecule has 0 aromatic heterocycles. The van der Waals surface area contributed by atoms with Crippen LogP contribution in [0.5, 0.6) is 0 Å². The Morgan fingerprint density at radius 3 is 1.00 bits per heavy atom. The van der Waals surface area contributed by atoms with Gasteiger partial charge in [0.15, 0.2) is 11.9 Å². The molecule has 0 aliphatic heterocycles. The smallest absolute Gasteiger partial charge is 0.363 e. The highest BCUT2D eigenvalue weighted by Crippen LogP contribution is 2.12. The normalized spacial score (nSPS) is 10.8. The van der Waals surface area contributed by atoms with Crippen molar-refractivity contribution >= 4 is 20.8 Å². The minimum absolute atomic E-state index is 0.742. The largest absolute Gasteiger partial charge is 0.632 e. The maximum atomic E-state index is 5.58. The van der Waals surface area contributed by atoms with Crippen molar-refractivity contribution in [3.63, 3.8) is 0 Å². The summed E-state index contributed by atoms with van der Waals surface area (Å²) in [6, 6.07) is 0. The fourth-order valence-corrected chi connectivity index (χ4v) is 3.63. The summed E-state index contributed by atoms with van der Waals surface area (Å²) in [4.78, 5) is 7.61. The van der Waals surface area contributed by atoms with Crippen molar-refractivity contribution in [2.75, 3.05) is 70.6 Å². The van der Waals surface area contributed by atoms with Crippen LogP contribution in [-0.2, 0) is 8.85 Å². The van der Waals surface area contributed by atoms with Crippen LogP contribution in [0.4, 0.5) is 0 Å². The van der Waals surface area contributed by atoms with Crippen molar-refractivity contribution in [1.82, 2.24) is 19.6 Å². The first-order valence-corrected chi connectivity index (χ1v) is 8.30. The van der Waals surface area contributed by atoms with E-state index in [2.05, 4.69) is 9.32 Å². The predicted molar refractivity (Wildman–Crippen MR) is 89.4 cm³/mol. The van der Waals surface area contributed by atoms with E-state index >= 15 is 0 Å². The van der Waals surface area contributed by atoms with Gasteiger partial charge in [0.05, 0.1) is 0 Å². The Bertz CT molecular complexity index is 326. The average Bonchev–Trinajstić information content (AvgIpc) is 2.38. The molecule has 0 heterocycles. The second-order valence-electron chi connectivity index (χ2n) is 5.36. The van der Waals surface area contributed by atoms with E-state index in [1.165, 1.54) is 0 Å². The van der Waals surface area contributed by atoms with E-state index in [9.17, 15) is 0 Å². The molecule has 0 rings (SSSR count). The third-order valence-electron chi connectivity index (χ3n) is 2.61. The minimum atomic E-state index is -3.11. The highest BCUT2D eigenvalue weighted by atomic mass is 28.4. The van der Waals surface area contributed by atoms with Gasteiger partial charge >= 0.3 is 8.88 Å². The van der Waals surface area contributed by atoms with E-state index in [0.717, 1.165) is 11.9 Å². The first-order chi connectivity index (χ1) is 9.60. The molecule has 21 heavy (non-hydrogen) atoms. The van der Waals surface area contributed by atoms with Crippen molar-refractivity contribution in [1.29, 1.82) is 0 Å². The molecule has 0 atom stereocenters. The van der Waals surface area contributed by atoms with Crippen LogP contribution in [-0.4, -0.2) is 111 Å². The second kappa shape index (κ2) is 8.20. The molecule has 0 amide bonds. The molecule has 0 aliphatic carbocycles. The third-order valence-corrected chi connectivity index (χ3v) is 4.64. The van der Waals surface area contributed by atoms with Crippen LogP contribution >= 0.6 is 0 Å². The lowest BCUT2D eigenvalue weighted by Gasteiger charge is -2.29. The lowest BCUT2D eigenvalue weighted by molar-refractivity contribution is 0.243. The fourth-order valence-electron chi connectivity index (χ4n) is 1.74. The summed E-state index contributed by atoms with van der Waals surface area (Å²) in [5, 5.41) is 0. The SMILES string of the molecule is CO[Si](N=C(N(C)C)N(C)C)(N=C(N(C)C)N(C)C)OC. The van der Waals surface area contributed by atoms with E-state index in [1.54, 1.807) is 14.2 Å². The minimum Gasteiger partial charge on any atom is -0.363 e. The van der Waals surface area contributed by atoms with E-state index in [-0.39, 0.29) is 0 Å². The van der Waals surface area contributed by atoms with Gasteiger partial charge in [-0.15, -0.1) is 0 Å². The van der Waals surface area contributed by atoms with Crippen molar-refractivity contribution in [2.45, 2.75) is 0 Å². The predicted octanol–water partition coefficient (Wildman–Crippen LogP) is -0.327. The molecule has 0 aromatic carbocycles. The Hall–Kier alpha value is -1.32. The Morgan fingerprint density at radius 1 is 0.619 bits per heavy atom. The molecule has 0 saturated heterocycles. The topological polar surface area (TPSA) is 56.1 Å². The fraction of sp³-hybridized carbons (Fsp3) is 0.833. The summed E-state index contributed by atoms with van der Waals surface area (Å²) in [5.41, 5.74) is 0. The molecule has 0 aliphatic rings. The molecule has 9 heteroatoms. The summed E-state index contributed by atoms with van der Waals surface area (Å²) in [5.74, 6) is 1.48. The van der Waals surface area contributed by atoms with Crippen LogP contribution in [0.3, 0.4) is 0 Å². The monoisotopic (exact) mass is 318 g/mol. The summed E-state index contributed by atoms with van der Waals surface area (Å²) in [6.07, 6.45) is 0. The van der Waals surface area contributed by atoms with Gasteiger partial charge in [-0.05, 0) is 0 Å². The molecule has 0 aromatic rings. The average molecular weight is 318 g/mol. The lowest BCUT2D eigenvalue weighted by Crippen LogP contribution is -2.47. The van der Waals surface area contributed by atoms with Crippen molar-refractivity contribution in [3.8, 4) is 0 Å². The lowest BCUT2D eigenvalue weighted by atomic mass is 10.7. The van der Waals surface area contributed by atoms with Gasteiger partial charge in [0, 0.05) is 70.6 Å². The van der Waals surface area contributed by atoms with Gasteiger partial charge in [0.1, 0.15) is 0 Å². The van der Waals surface area contributed by atoms with Crippen molar-refractivity contribution in [2.24, 2.45) is 9.32 Å². The van der Waals surface area contributed by atoms with Crippen molar-refractivity contribution in [3.05, 3.63) is 0 Å². The van der Waals surface area contributed by atoms with E-state index < -0.39 is 8.88 Å². The Labute approximate surface area is 130 Å². The van der Waals surface area contributed by atoms with Gasteiger partial charge in [0.2, 0.25) is 0 Å².